The van der Waals surface area contributed by atoms with Crippen LogP contribution in [0.4, 0.5) is 4.39 Å². The van der Waals surface area contributed by atoms with Crippen LogP contribution in [0.2, 0.25) is 0 Å². The molecule has 21 heavy (non-hydrogen) atoms. The van der Waals surface area contributed by atoms with Gasteiger partial charge < -0.3 is 9.80 Å². The van der Waals surface area contributed by atoms with Gasteiger partial charge in [-0.1, -0.05) is 0 Å². The van der Waals surface area contributed by atoms with E-state index in [1.54, 1.807) is 12.1 Å². The molecule has 1 aromatic rings. The number of hydrogen-bond acceptors (Lipinski definition) is 3. The van der Waals surface area contributed by atoms with Crippen LogP contribution >= 0.6 is 0 Å². The molecule has 1 unspecified atom stereocenters. The van der Waals surface area contributed by atoms with Gasteiger partial charge in [-0.2, -0.15) is 0 Å². The topological polar surface area (TPSA) is 23.6 Å². The summed E-state index contributed by atoms with van der Waals surface area (Å²) < 4.78 is 12.8. The smallest absolute Gasteiger partial charge is 0.162 e. The molecule has 116 valence electrons. The first-order valence-corrected chi connectivity index (χ1v) is 7.70. The molecule has 1 heterocycles. The standard InChI is InChI=1S/C17H25FN2O/c1-19(12-14-9-11-20(2)13-14)10-3-4-17(21)15-5-7-16(18)8-6-15/h5-8,14H,3-4,9-13H2,1-2H3. The van der Waals surface area contributed by atoms with Gasteiger partial charge in [-0.3, -0.25) is 4.79 Å². The number of Topliss-reactive ketones (excluding diaryl/α,β-unsaturated/α-hetero) is 1. The number of rotatable bonds is 7. The second-order valence-electron chi connectivity index (χ2n) is 6.21. The highest BCUT2D eigenvalue weighted by Crippen LogP contribution is 2.15. The maximum Gasteiger partial charge on any atom is 0.162 e. The van der Waals surface area contributed by atoms with Crippen molar-refractivity contribution < 1.29 is 9.18 Å². The van der Waals surface area contributed by atoms with Crippen molar-refractivity contribution in [3.05, 3.63) is 35.6 Å². The zero-order valence-corrected chi connectivity index (χ0v) is 13.0. The highest BCUT2D eigenvalue weighted by atomic mass is 19.1. The van der Waals surface area contributed by atoms with Crippen molar-refractivity contribution in [3.8, 4) is 0 Å². The molecular formula is C17H25FN2O. The van der Waals surface area contributed by atoms with Crippen LogP contribution in [0.1, 0.15) is 29.6 Å². The van der Waals surface area contributed by atoms with Crippen molar-refractivity contribution in [2.45, 2.75) is 19.3 Å². The summed E-state index contributed by atoms with van der Waals surface area (Å²) in [5.41, 5.74) is 0.608. The van der Waals surface area contributed by atoms with Gasteiger partial charge in [0.25, 0.3) is 0 Å². The highest BCUT2D eigenvalue weighted by Gasteiger charge is 2.20. The Morgan fingerprint density at radius 2 is 2.10 bits per heavy atom. The number of nitrogens with zero attached hydrogens (tertiary/aromatic N) is 2. The van der Waals surface area contributed by atoms with Crippen LogP contribution in [0.25, 0.3) is 0 Å². The summed E-state index contributed by atoms with van der Waals surface area (Å²) in [6.07, 6.45) is 2.66. The lowest BCUT2D eigenvalue weighted by molar-refractivity contribution is 0.0975. The summed E-state index contributed by atoms with van der Waals surface area (Å²) >= 11 is 0. The predicted octanol–water partition coefficient (Wildman–Crippen LogP) is 2.67. The molecule has 1 aliphatic heterocycles. The van der Waals surface area contributed by atoms with Gasteiger partial charge in [0.1, 0.15) is 5.82 Å². The summed E-state index contributed by atoms with van der Waals surface area (Å²) in [5.74, 6) is 0.560. The van der Waals surface area contributed by atoms with Crippen LogP contribution in [0, 0.1) is 11.7 Å². The Bertz CT molecular complexity index is 460. The molecule has 1 fully saturated rings. The van der Waals surface area contributed by atoms with Gasteiger partial charge in [0, 0.05) is 25.1 Å². The second-order valence-corrected chi connectivity index (χ2v) is 6.21. The van der Waals surface area contributed by atoms with E-state index in [2.05, 4.69) is 23.9 Å². The monoisotopic (exact) mass is 292 g/mol. The van der Waals surface area contributed by atoms with Crippen molar-refractivity contribution in [2.24, 2.45) is 5.92 Å². The first-order valence-electron chi connectivity index (χ1n) is 7.70. The van der Waals surface area contributed by atoms with E-state index in [-0.39, 0.29) is 11.6 Å². The van der Waals surface area contributed by atoms with Crippen molar-refractivity contribution in [2.75, 3.05) is 40.3 Å². The Labute approximate surface area is 126 Å². The lowest BCUT2D eigenvalue weighted by Gasteiger charge is -2.20. The fourth-order valence-corrected chi connectivity index (χ4v) is 3.00. The van der Waals surface area contributed by atoms with Crippen LogP contribution in [0.5, 0.6) is 0 Å². The third-order valence-electron chi connectivity index (χ3n) is 4.17. The van der Waals surface area contributed by atoms with Gasteiger partial charge in [0.15, 0.2) is 5.78 Å². The summed E-state index contributed by atoms with van der Waals surface area (Å²) in [6, 6.07) is 5.82. The SMILES string of the molecule is CN(CCCC(=O)c1ccc(F)cc1)CC1CCN(C)C1. The quantitative estimate of drug-likeness (QED) is 0.722. The first-order chi connectivity index (χ1) is 10.0. The molecular weight excluding hydrogens is 267 g/mol. The molecule has 1 saturated heterocycles. The largest absolute Gasteiger partial charge is 0.306 e. The Hall–Kier alpha value is -1.26. The lowest BCUT2D eigenvalue weighted by Crippen LogP contribution is -2.28. The highest BCUT2D eigenvalue weighted by molar-refractivity contribution is 5.95. The molecule has 2 rings (SSSR count). The minimum absolute atomic E-state index is 0.101. The molecule has 0 saturated carbocycles. The zero-order valence-electron chi connectivity index (χ0n) is 13.0. The number of ketones is 1. The van der Waals surface area contributed by atoms with Crippen LogP contribution < -0.4 is 0 Å². The van der Waals surface area contributed by atoms with Gasteiger partial charge in [-0.25, -0.2) is 4.39 Å². The van der Waals surface area contributed by atoms with Gasteiger partial charge >= 0.3 is 0 Å². The molecule has 0 aliphatic carbocycles. The van der Waals surface area contributed by atoms with Gasteiger partial charge in [0.05, 0.1) is 0 Å². The molecule has 1 aromatic carbocycles. The summed E-state index contributed by atoms with van der Waals surface area (Å²) in [6.45, 7) is 4.42. The number of likely N-dealkylation sites (tertiary alicyclic amines) is 1. The number of carbonyl (C=O) groups excluding carboxylic acids is 1. The van der Waals surface area contributed by atoms with Crippen molar-refractivity contribution in [1.82, 2.24) is 9.80 Å². The third-order valence-corrected chi connectivity index (χ3v) is 4.17. The average Bonchev–Trinajstić information content (AvgIpc) is 2.84. The van der Waals surface area contributed by atoms with Crippen molar-refractivity contribution >= 4 is 5.78 Å². The van der Waals surface area contributed by atoms with E-state index >= 15 is 0 Å². The first kappa shape index (κ1) is 16.1. The number of halogens is 1. The average molecular weight is 292 g/mol. The Morgan fingerprint density at radius 3 is 2.71 bits per heavy atom. The molecule has 3 nitrogen and oxygen atoms in total. The van der Waals surface area contributed by atoms with Crippen molar-refractivity contribution in [1.29, 1.82) is 0 Å². The Kier molecular flexibility index (Phi) is 5.88. The van der Waals surface area contributed by atoms with E-state index in [0.29, 0.717) is 12.0 Å². The van der Waals surface area contributed by atoms with Gasteiger partial charge in [-0.15, -0.1) is 0 Å². The number of benzene rings is 1. The molecule has 0 amide bonds. The zero-order chi connectivity index (χ0) is 15.2. The summed E-state index contributed by atoms with van der Waals surface area (Å²) in [5, 5.41) is 0. The van der Waals surface area contributed by atoms with Crippen molar-refractivity contribution in [3.63, 3.8) is 0 Å². The molecule has 4 heteroatoms. The van der Waals surface area contributed by atoms with Crippen LogP contribution in [-0.4, -0.2) is 55.9 Å². The van der Waals surface area contributed by atoms with E-state index in [1.165, 1.54) is 31.6 Å². The Morgan fingerprint density at radius 1 is 1.38 bits per heavy atom. The van der Waals surface area contributed by atoms with E-state index < -0.39 is 0 Å². The van der Waals surface area contributed by atoms with E-state index in [1.807, 2.05) is 0 Å². The Balaban J connectivity index is 1.66. The van der Waals surface area contributed by atoms with E-state index in [4.69, 9.17) is 0 Å². The van der Waals surface area contributed by atoms with E-state index in [9.17, 15) is 9.18 Å². The fraction of sp³-hybridized carbons (Fsp3) is 0.588. The molecule has 0 bridgehead atoms. The summed E-state index contributed by atoms with van der Waals surface area (Å²) in [7, 11) is 4.29. The van der Waals surface area contributed by atoms with Crippen LogP contribution in [-0.2, 0) is 0 Å². The molecule has 0 radical (unpaired) electrons. The lowest BCUT2D eigenvalue weighted by atomic mass is 10.1. The van der Waals surface area contributed by atoms with Gasteiger partial charge in [-0.05, 0) is 70.2 Å². The van der Waals surface area contributed by atoms with Crippen LogP contribution in [0.3, 0.4) is 0 Å². The number of hydrogen-bond donors (Lipinski definition) is 0. The molecule has 0 spiro atoms. The maximum absolute atomic E-state index is 12.8. The third kappa shape index (κ3) is 5.21. The fourth-order valence-electron chi connectivity index (χ4n) is 3.00. The normalized spacial score (nSPS) is 19.3. The van der Waals surface area contributed by atoms with Gasteiger partial charge in [0.2, 0.25) is 0 Å². The minimum Gasteiger partial charge on any atom is -0.306 e. The molecule has 0 aromatic heterocycles. The molecule has 0 N–H and O–H groups in total. The second kappa shape index (κ2) is 7.66. The molecule has 1 aliphatic rings. The maximum atomic E-state index is 12.8. The summed E-state index contributed by atoms with van der Waals surface area (Å²) in [4.78, 5) is 16.7. The number of carbonyl (C=O) groups is 1. The minimum atomic E-state index is -0.298. The van der Waals surface area contributed by atoms with E-state index in [0.717, 1.165) is 25.4 Å². The predicted molar refractivity (Wildman–Crippen MR) is 83.1 cm³/mol. The molecule has 1 atom stereocenters. The van der Waals surface area contributed by atoms with Crippen LogP contribution in [0.15, 0.2) is 24.3 Å².